The molecule has 2 aromatic carbocycles. The predicted octanol–water partition coefficient (Wildman–Crippen LogP) is 3.99. The normalized spacial score (nSPS) is 16.3. The van der Waals surface area contributed by atoms with E-state index in [9.17, 15) is 18.0 Å². The topological polar surface area (TPSA) is 26.3 Å². The van der Waals surface area contributed by atoms with Gasteiger partial charge in [-0.05, 0) is 28.3 Å². The van der Waals surface area contributed by atoms with Gasteiger partial charge >= 0.3 is 12.1 Å². The van der Waals surface area contributed by atoms with E-state index >= 15 is 0 Å². The number of methoxy groups -OCH3 is 1. The molecule has 5 heteroatoms. The maximum Gasteiger partial charge on any atom is 0.416 e. The molecule has 0 saturated carbocycles. The van der Waals surface area contributed by atoms with Crippen molar-refractivity contribution >= 4 is 5.97 Å². The van der Waals surface area contributed by atoms with Gasteiger partial charge in [-0.1, -0.05) is 36.4 Å². The third-order valence-electron chi connectivity index (χ3n) is 3.70. The van der Waals surface area contributed by atoms with Crippen molar-refractivity contribution < 1.29 is 22.7 Å². The number of rotatable bonds is 1. The summed E-state index contributed by atoms with van der Waals surface area (Å²) in [6.07, 6.45) is -4.51. The lowest BCUT2D eigenvalue weighted by molar-refractivity contribution is -0.142. The standard InChI is InChI=1S/C16H11F3O2/c1-21-15(20)14-11-6-3-2-5-9(11)10-7-4-8-12(13(10)14)16(17,18)19/h2-8,14H,1H3. The molecule has 1 atom stereocenters. The highest BCUT2D eigenvalue weighted by molar-refractivity contribution is 5.94. The van der Waals surface area contributed by atoms with Gasteiger partial charge in [0.15, 0.2) is 0 Å². The number of alkyl halides is 3. The second-order valence-electron chi connectivity index (χ2n) is 4.81. The molecule has 3 rings (SSSR count). The minimum absolute atomic E-state index is 0.0157. The zero-order chi connectivity index (χ0) is 15.2. The summed E-state index contributed by atoms with van der Waals surface area (Å²) in [5.74, 6) is -1.71. The Balaban J connectivity index is 2.33. The number of hydrogen-bond acceptors (Lipinski definition) is 2. The second-order valence-corrected chi connectivity index (χ2v) is 4.81. The number of carbonyl (C=O) groups is 1. The summed E-state index contributed by atoms with van der Waals surface area (Å²) in [6.45, 7) is 0. The van der Waals surface area contributed by atoms with Crippen molar-refractivity contribution in [3.8, 4) is 11.1 Å². The summed E-state index contributed by atoms with van der Waals surface area (Å²) < 4.78 is 44.5. The van der Waals surface area contributed by atoms with E-state index in [4.69, 9.17) is 4.74 Å². The van der Waals surface area contributed by atoms with E-state index in [1.807, 2.05) is 0 Å². The Bertz CT molecular complexity index is 720. The van der Waals surface area contributed by atoms with Crippen molar-refractivity contribution in [3.63, 3.8) is 0 Å². The third-order valence-corrected chi connectivity index (χ3v) is 3.70. The van der Waals surface area contributed by atoms with Crippen LogP contribution in [-0.2, 0) is 15.7 Å². The van der Waals surface area contributed by atoms with Crippen LogP contribution in [0.4, 0.5) is 13.2 Å². The molecule has 0 radical (unpaired) electrons. The first-order valence-corrected chi connectivity index (χ1v) is 6.32. The zero-order valence-electron chi connectivity index (χ0n) is 11.1. The molecule has 0 amide bonds. The minimum Gasteiger partial charge on any atom is -0.468 e. The van der Waals surface area contributed by atoms with Crippen molar-refractivity contribution in [2.24, 2.45) is 0 Å². The number of fused-ring (bicyclic) bond motifs is 3. The highest BCUT2D eigenvalue weighted by atomic mass is 19.4. The molecular weight excluding hydrogens is 281 g/mol. The maximum absolute atomic E-state index is 13.3. The largest absolute Gasteiger partial charge is 0.468 e. The van der Waals surface area contributed by atoms with Crippen molar-refractivity contribution in [2.45, 2.75) is 12.1 Å². The first-order chi connectivity index (χ1) is 9.95. The summed E-state index contributed by atoms with van der Waals surface area (Å²) in [5.41, 5.74) is 0.838. The molecule has 1 aliphatic rings. The van der Waals surface area contributed by atoms with Crippen LogP contribution in [0.15, 0.2) is 42.5 Å². The highest BCUT2D eigenvalue weighted by Gasteiger charge is 2.43. The molecule has 108 valence electrons. The van der Waals surface area contributed by atoms with E-state index in [0.717, 1.165) is 6.07 Å². The number of carbonyl (C=O) groups excluding carboxylic acids is 1. The molecule has 1 aliphatic carbocycles. The first kappa shape index (κ1) is 13.7. The minimum atomic E-state index is -4.51. The fourth-order valence-electron chi connectivity index (χ4n) is 2.87. The SMILES string of the molecule is COC(=O)C1c2ccccc2-c2cccc(C(F)(F)F)c21. The lowest BCUT2D eigenvalue weighted by Gasteiger charge is -2.16. The van der Waals surface area contributed by atoms with Crippen molar-refractivity contribution in [2.75, 3.05) is 7.11 Å². The van der Waals surface area contributed by atoms with Gasteiger partial charge in [0.2, 0.25) is 0 Å². The first-order valence-electron chi connectivity index (χ1n) is 6.32. The van der Waals surface area contributed by atoms with Gasteiger partial charge in [-0.15, -0.1) is 0 Å². The van der Waals surface area contributed by atoms with E-state index in [1.54, 1.807) is 30.3 Å². The summed E-state index contributed by atoms with van der Waals surface area (Å²) in [7, 11) is 1.18. The molecule has 0 N–H and O–H groups in total. The highest BCUT2D eigenvalue weighted by Crippen LogP contribution is 2.49. The second kappa shape index (κ2) is 4.62. The van der Waals surface area contributed by atoms with Crippen LogP contribution in [0.2, 0.25) is 0 Å². The van der Waals surface area contributed by atoms with Crippen molar-refractivity contribution in [1.82, 2.24) is 0 Å². The van der Waals surface area contributed by atoms with Crippen LogP contribution in [-0.4, -0.2) is 13.1 Å². The van der Waals surface area contributed by atoms with Crippen LogP contribution < -0.4 is 0 Å². The Morgan fingerprint density at radius 2 is 1.71 bits per heavy atom. The molecule has 1 unspecified atom stereocenters. The van der Waals surface area contributed by atoms with E-state index in [-0.39, 0.29) is 5.56 Å². The summed E-state index contributed by atoms with van der Waals surface area (Å²) in [6, 6.07) is 10.8. The average Bonchev–Trinajstić information content (AvgIpc) is 2.80. The lowest BCUT2D eigenvalue weighted by Crippen LogP contribution is -2.18. The number of ether oxygens (including phenoxy) is 1. The quantitative estimate of drug-likeness (QED) is 0.743. The van der Waals surface area contributed by atoms with Gasteiger partial charge in [-0.25, -0.2) is 0 Å². The third kappa shape index (κ3) is 2.00. The molecule has 0 bridgehead atoms. The molecule has 0 spiro atoms. The fraction of sp³-hybridized carbons (Fsp3) is 0.188. The van der Waals surface area contributed by atoms with Crippen LogP contribution in [0.3, 0.4) is 0 Å². The maximum atomic E-state index is 13.3. The molecule has 0 aromatic heterocycles. The van der Waals surface area contributed by atoms with E-state index in [0.29, 0.717) is 16.7 Å². The van der Waals surface area contributed by atoms with Gasteiger partial charge in [-0.2, -0.15) is 13.2 Å². The smallest absolute Gasteiger partial charge is 0.416 e. The number of benzene rings is 2. The van der Waals surface area contributed by atoms with Crippen LogP contribution >= 0.6 is 0 Å². The molecule has 21 heavy (non-hydrogen) atoms. The van der Waals surface area contributed by atoms with Gasteiger partial charge in [0, 0.05) is 0 Å². The van der Waals surface area contributed by atoms with E-state index < -0.39 is 23.6 Å². The van der Waals surface area contributed by atoms with Crippen molar-refractivity contribution in [1.29, 1.82) is 0 Å². The Hall–Kier alpha value is -2.30. The van der Waals surface area contributed by atoms with Gasteiger partial charge < -0.3 is 4.74 Å². The number of hydrogen-bond donors (Lipinski definition) is 0. The van der Waals surface area contributed by atoms with Crippen LogP contribution in [0.5, 0.6) is 0 Å². The molecule has 2 aromatic rings. The van der Waals surface area contributed by atoms with Crippen molar-refractivity contribution in [3.05, 3.63) is 59.2 Å². The van der Waals surface area contributed by atoms with E-state index in [1.165, 1.54) is 13.2 Å². The molecule has 0 aliphatic heterocycles. The lowest BCUT2D eigenvalue weighted by atomic mass is 9.92. The summed E-state index contributed by atoms with van der Waals surface area (Å²) in [5, 5.41) is 0. The van der Waals surface area contributed by atoms with Gasteiger partial charge in [-0.3, -0.25) is 4.79 Å². The molecule has 0 fully saturated rings. The molecule has 0 heterocycles. The van der Waals surface area contributed by atoms with Gasteiger partial charge in [0.1, 0.15) is 5.92 Å². The van der Waals surface area contributed by atoms with Crippen LogP contribution in [0.25, 0.3) is 11.1 Å². The van der Waals surface area contributed by atoms with Crippen LogP contribution in [0.1, 0.15) is 22.6 Å². The Kier molecular flexibility index (Phi) is 3.01. The monoisotopic (exact) mass is 292 g/mol. The summed E-state index contributed by atoms with van der Waals surface area (Å²) in [4.78, 5) is 12.0. The number of esters is 1. The fourth-order valence-corrected chi connectivity index (χ4v) is 2.87. The van der Waals surface area contributed by atoms with Crippen LogP contribution in [0, 0.1) is 0 Å². The van der Waals surface area contributed by atoms with Gasteiger partial charge in [0.25, 0.3) is 0 Å². The predicted molar refractivity (Wildman–Crippen MR) is 70.7 cm³/mol. The Labute approximate surface area is 119 Å². The molecular formula is C16H11F3O2. The molecule has 2 nitrogen and oxygen atoms in total. The average molecular weight is 292 g/mol. The van der Waals surface area contributed by atoms with E-state index in [2.05, 4.69) is 0 Å². The summed E-state index contributed by atoms with van der Waals surface area (Å²) >= 11 is 0. The number of halogens is 3. The Morgan fingerprint density at radius 1 is 1.05 bits per heavy atom. The Morgan fingerprint density at radius 3 is 2.38 bits per heavy atom. The zero-order valence-corrected chi connectivity index (χ0v) is 11.1. The molecule has 0 saturated heterocycles. The van der Waals surface area contributed by atoms with Gasteiger partial charge in [0.05, 0.1) is 12.7 Å².